The molecule has 1 aromatic heterocycles. The smallest absolute Gasteiger partial charge is 0.252 e. The molecule has 0 unspecified atom stereocenters. The SMILES string of the molecule is CCc1cc(SC)cc2c(Nc3cccc(C#N)c3)c(C(N)=O)cnc12. The maximum absolute atomic E-state index is 12.0. The van der Waals surface area contributed by atoms with E-state index in [4.69, 9.17) is 11.0 Å². The van der Waals surface area contributed by atoms with Gasteiger partial charge in [-0.3, -0.25) is 9.78 Å². The van der Waals surface area contributed by atoms with Gasteiger partial charge < -0.3 is 11.1 Å². The molecule has 0 fully saturated rings. The van der Waals surface area contributed by atoms with E-state index in [-0.39, 0.29) is 0 Å². The molecule has 0 atom stereocenters. The normalized spacial score (nSPS) is 10.5. The number of rotatable bonds is 5. The van der Waals surface area contributed by atoms with Crippen molar-refractivity contribution in [2.45, 2.75) is 18.2 Å². The summed E-state index contributed by atoms with van der Waals surface area (Å²) in [7, 11) is 0. The summed E-state index contributed by atoms with van der Waals surface area (Å²) in [5, 5.41) is 13.2. The van der Waals surface area contributed by atoms with Crippen LogP contribution in [0.25, 0.3) is 10.9 Å². The van der Waals surface area contributed by atoms with Gasteiger partial charge >= 0.3 is 0 Å². The van der Waals surface area contributed by atoms with Gasteiger partial charge in [-0.2, -0.15) is 5.26 Å². The molecule has 0 saturated carbocycles. The lowest BCUT2D eigenvalue weighted by Crippen LogP contribution is -2.14. The Morgan fingerprint density at radius 1 is 1.35 bits per heavy atom. The van der Waals surface area contributed by atoms with E-state index in [1.54, 1.807) is 30.0 Å². The van der Waals surface area contributed by atoms with Gasteiger partial charge in [0.1, 0.15) is 0 Å². The Morgan fingerprint density at radius 2 is 2.15 bits per heavy atom. The van der Waals surface area contributed by atoms with Crippen LogP contribution in [0.5, 0.6) is 0 Å². The van der Waals surface area contributed by atoms with Gasteiger partial charge in [-0.05, 0) is 48.6 Å². The van der Waals surface area contributed by atoms with Gasteiger partial charge in [0.15, 0.2) is 0 Å². The summed E-state index contributed by atoms with van der Waals surface area (Å²) >= 11 is 1.63. The first kappa shape index (κ1) is 17.8. The Hall–Kier alpha value is -3.04. The molecule has 130 valence electrons. The number of anilines is 2. The van der Waals surface area contributed by atoms with Crippen molar-refractivity contribution < 1.29 is 4.79 Å². The molecule has 0 aliphatic rings. The summed E-state index contributed by atoms with van der Waals surface area (Å²) in [6, 6.07) is 13.3. The number of carbonyl (C=O) groups is 1. The van der Waals surface area contributed by atoms with Gasteiger partial charge in [0, 0.05) is 22.2 Å². The molecule has 0 radical (unpaired) electrons. The number of carbonyl (C=O) groups excluding carboxylic acids is 1. The number of nitrogens with two attached hydrogens (primary N) is 1. The van der Waals surface area contributed by atoms with Gasteiger partial charge in [-0.25, -0.2) is 0 Å². The molecule has 3 aromatic rings. The zero-order valence-corrected chi connectivity index (χ0v) is 15.4. The van der Waals surface area contributed by atoms with Gasteiger partial charge in [0.25, 0.3) is 5.91 Å². The monoisotopic (exact) mass is 362 g/mol. The quantitative estimate of drug-likeness (QED) is 0.663. The number of fused-ring (bicyclic) bond motifs is 1. The van der Waals surface area contributed by atoms with Crippen molar-refractivity contribution in [3.05, 3.63) is 59.3 Å². The average molecular weight is 362 g/mol. The molecule has 0 bridgehead atoms. The van der Waals surface area contributed by atoms with Gasteiger partial charge in [0.2, 0.25) is 0 Å². The van der Waals surface area contributed by atoms with E-state index in [2.05, 4.69) is 29.4 Å². The van der Waals surface area contributed by atoms with Crippen LogP contribution in [0.3, 0.4) is 0 Å². The molecule has 2 aromatic carbocycles. The Morgan fingerprint density at radius 3 is 2.81 bits per heavy atom. The van der Waals surface area contributed by atoms with Crippen molar-refractivity contribution in [2.75, 3.05) is 11.6 Å². The number of benzene rings is 2. The minimum absolute atomic E-state index is 0.320. The van der Waals surface area contributed by atoms with E-state index in [1.807, 2.05) is 18.4 Å². The standard InChI is InChI=1S/C20H18N4OS/c1-3-13-8-15(26-2)9-16-18(13)23-11-17(20(22)25)19(16)24-14-6-4-5-12(7-14)10-21/h4-9,11H,3H2,1-2H3,(H2,22,25)(H,23,24). The number of hydrogen-bond donors (Lipinski definition) is 2. The van der Waals surface area contributed by atoms with E-state index in [9.17, 15) is 4.79 Å². The molecule has 0 saturated heterocycles. The molecule has 5 nitrogen and oxygen atoms in total. The number of hydrogen-bond acceptors (Lipinski definition) is 5. The summed E-state index contributed by atoms with van der Waals surface area (Å²) in [5.74, 6) is -0.550. The average Bonchev–Trinajstić information content (AvgIpc) is 2.67. The highest BCUT2D eigenvalue weighted by molar-refractivity contribution is 7.98. The third kappa shape index (κ3) is 3.35. The number of nitrogens with one attached hydrogen (secondary N) is 1. The number of aromatic nitrogens is 1. The van der Waals surface area contributed by atoms with Crippen molar-refractivity contribution in [1.29, 1.82) is 5.26 Å². The molecular weight excluding hydrogens is 344 g/mol. The van der Waals surface area contributed by atoms with E-state index in [0.29, 0.717) is 22.5 Å². The van der Waals surface area contributed by atoms with E-state index >= 15 is 0 Å². The number of thioether (sulfide) groups is 1. The topological polar surface area (TPSA) is 91.8 Å². The number of pyridine rings is 1. The summed E-state index contributed by atoms with van der Waals surface area (Å²) in [6.07, 6.45) is 4.35. The lowest BCUT2D eigenvalue weighted by atomic mass is 10.0. The fraction of sp³-hybridized carbons (Fsp3) is 0.150. The molecule has 0 spiro atoms. The molecule has 1 heterocycles. The van der Waals surface area contributed by atoms with Crippen molar-refractivity contribution in [3.63, 3.8) is 0 Å². The van der Waals surface area contributed by atoms with Crippen LogP contribution in [0, 0.1) is 11.3 Å². The first-order valence-electron chi connectivity index (χ1n) is 8.14. The van der Waals surface area contributed by atoms with Crippen LogP contribution >= 0.6 is 11.8 Å². The number of primary amides is 1. The lowest BCUT2D eigenvalue weighted by molar-refractivity contribution is 0.100. The minimum atomic E-state index is -0.550. The molecule has 0 aliphatic carbocycles. The highest BCUT2D eigenvalue weighted by atomic mass is 32.2. The molecule has 3 rings (SSSR count). The number of nitriles is 1. The van der Waals surface area contributed by atoms with Crippen LogP contribution in [0.15, 0.2) is 47.5 Å². The molecular formula is C20H18N4OS. The largest absolute Gasteiger partial charge is 0.365 e. The van der Waals surface area contributed by atoms with Crippen molar-refractivity contribution in [2.24, 2.45) is 5.73 Å². The van der Waals surface area contributed by atoms with Crippen LogP contribution < -0.4 is 11.1 Å². The summed E-state index contributed by atoms with van der Waals surface area (Å²) < 4.78 is 0. The number of amides is 1. The summed E-state index contributed by atoms with van der Waals surface area (Å²) in [4.78, 5) is 17.5. The van der Waals surface area contributed by atoms with Crippen LogP contribution in [-0.2, 0) is 6.42 Å². The minimum Gasteiger partial charge on any atom is -0.365 e. The Kier molecular flexibility index (Phi) is 5.10. The molecule has 3 N–H and O–H groups in total. The Bertz CT molecular complexity index is 1040. The van der Waals surface area contributed by atoms with E-state index in [1.165, 1.54) is 6.20 Å². The number of nitrogens with zero attached hydrogens (tertiary/aromatic N) is 2. The van der Waals surface area contributed by atoms with Crippen LogP contribution in [0.4, 0.5) is 11.4 Å². The molecule has 0 aliphatic heterocycles. The molecule has 26 heavy (non-hydrogen) atoms. The van der Waals surface area contributed by atoms with Gasteiger partial charge in [0.05, 0.1) is 28.4 Å². The van der Waals surface area contributed by atoms with Crippen molar-refractivity contribution in [1.82, 2.24) is 4.98 Å². The highest BCUT2D eigenvalue weighted by Gasteiger charge is 2.16. The van der Waals surface area contributed by atoms with Gasteiger partial charge in [-0.1, -0.05) is 13.0 Å². The van der Waals surface area contributed by atoms with Crippen LogP contribution in [0.1, 0.15) is 28.4 Å². The fourth-order valence-electron chi connectivity index (χ4n) is 2.87. The first-order valence-corrected chi connectivity index (χ1v) is 9.36. The summed E-state index contributed by atoms with van der Waals surface area (Å²) in [6.45, 7) is 2.08. The summed E-state index contributed by atoms with van der Waals surface area (Å²) in [5.41, 5.74) is 9.71. The molecule has 1 amide bonds. The Balaban J connectivity index is 2.27. The molecule has 6 heteroatoms. The van der Waals surface area contributed by atoms with Gasteiger partial charge in [-0.15, -0.1) is 11.8 Å². The van der Waals surface area contributed by atoms with E-state index in [0.717, 1.165) is 27.8 Å². The Labute approximate surface area is 156 Å². The number of aryl methyl sites for hydroxylation is 1. The zero-order chi connectivity index (χ0) is 18.7. The van der Waals surface area contributed by atoms with Crippen molar-refractivity contribution in [3.8, 4) is 6.07 Å². The van der Waals surface area contributed by atoms with Crippen LogP contribution in [-0.4, -0.2) is 17.1 Å². The lowest BCUT2D eigenvalue weighted by Gasteiger charge is -2.16. The second-order valence-electron chi connectivity index (χ2n) is 5.76. The third-order valence-corrected chi connectivity index (χ3v) is 4.87. The fourth-order valence-corrected chi connectivity index (χ4v) is 3.36. The van der Waals surface area contributed by atoms with E-state index < -0.39 is 5.91 Å². The third-order valence-electron chi connectivity index (χ3n) is 4.17. The maximum Gasteiger partial charge on any atom is 0.252 e. The van der Waals surface area contributed by atoms with Crippen molar-refractivity contribution >= 4 is 39.9 Å². The predicted octanol–water partition coefficient (Wildman–Crippen LogP) is 4.23. The predicted molar refractivity (Wildman–Crippen MR) is 106 cm³/mol. The maximum atomic E-state index is 12.0. The van der Waals surface area contributed by atoms with Crippen LogP contribution in [0.2, 0.25) is 0 Å². The second kappa shape index (κ2) is 7.46. The first-order chi connectivity index (χ1) is 12.6. The second-order valence-corrected chi connectivity index (χ2v) is 6.64. The highest BCUT2D eigenvalue weighted by Crippen LogP contribution is 2.34. The zero-order valence-electron chi connectivity index (χ0n) is 14.5.